The average Bonchev–Trinajstić information content (AvgIpc) is 3.17. The smallest absolute Gasteiger partial charge is 0.263 e. The SMILES string of the molecule is COc1ccnc(Cn2c3c(c4ccc(OC)c(OC)c4c2=O)C(=O)c2ccccc2-3)c1OC. The zero-order valence-electron chi connectivity index (χ0n) is 19.2. The van der Waals surface area contributed by atoms with Crippen molar-refractivity contribution in [2.75, 3.05) is 28.4 Å². The Labute approximate surface area is 195 Å². The number of benzene rings is 2. The maximum Gasteiger partial charge on any atom is 0.263 e. The van der Waals surface area contributed by atoms with E-state index in [1.54, 1.807) is 35.0 Å². The summed E-state index contributed by atoms with van der Waals surface area (Å²) in [5.41, 5.74) is 2.37. The Morgan fingerprint density at radius 2 is 1.47 bits per heavy atom. The number of ether oxygens (including phenoxy) is 4. The van der Waals surface area contributed by atoms with Gasteiger partial charge in [-0.15, -0.1) is 0 Å². The van der Waals surface area contributed by atoms with Crippen molar-refractivity contribution in [2.24, 2.45) is 0 Å². The summed E-state index contributed by atoms with van der Waals surface area (Å²) in [6.07, 6.45) is 1.59. The lowest BCUT2D eigenvalue weighted by Crippen LogP contribution is -2.25. The van der Waals surface area contributed by atoms with E-state index in [1.807, 2.05) is 18.2 Å². The van der Waals surface area contributed by atoms with Gasteiger partial charge in [0.25, 0.3) is 5.56 Å². The first-order chi connectivity index (χ1) is 16.5. The van der Waals surface area contributed by atoms with Gasteiger partial charge in [0.2, 0.25) is 0 Å². The van der Waals surface area contributed by atoms with Crippen LogP contribution in [0.25, 0.3) is 22.0 Å². The molecule has 1 aliphatic rings. The second kappa shape index (κ2) is 8.22. The Morgan fingerprint density at radius 3 is 2.15 bits per heavy atom. The van der Waals surface area contributed by atoms with Crippen molar-refractivity contribution < 1.29 is 23.7 Å². The van der Waals surface area contributed by atoms with E-state index in [9.17, 15) is 9.59 Å². The summed E-state index contributed by atoms with van der Waals surface area (Å²) >= 11 is 0. The van der Waals surface area contributed by atoms with E-state index in [2.05, 4.69) is 4.98 Å². The Morgan fingerprint density at radius 1 is 0.794 bits per heavy atom. The summed E-state index contributed by atoms with van der Waals surface area (Å²) in [6.45, 7) is 0.0550. The Bertz CT molecular complexity index is 1520. The lowest BCUT2D eigenvalue weighted by Gasteiger charge is -2.18. The molecule has 4 aromatic rings. The molecule has 0 N–H and O–H groups in total. The fraction of sp³-hybridized carbons (Fsp3) is 0.192. The second-order valence-electron chi connectivity index (χ2n) is 7.71. The highest BCUT2D eigenvalue weighted by atomic mass is 16.5. The van der Waals surface area contributed by atoms with Crippen LogP contribution in [-0.4, -0.2) is 43.8 Å². The molecule has 2 heterocycles. The summed E-state index contributed by atoms with van der Waals surface area (Å²) in [6, 6.07) is 12.4. The van der Waals surface area contributed by atoms with Crippen molar-refractivity contribution in [3.05, 3.63) is 75.8 Å². The molecule has 8 nitrogen and oxygen atoms in total. The van der Waals surface area contributed by atoms with Gasteiger partial charge in [-0.1, -0.05) is 24.3 Å². The molecule has 172 valence electrons. The fourth-order valence-corrected chi connectivity index (χ4v) is 4.64. The first kappa shape index (κ1) is 21.5. The Hall–Kier alpha value is -4.33. The second-order valence-corrected chi connectivity index (χ2v) is 7.71. The molecule has 2 aromatic heterocycles. The van der Waals surface area contributed by atoms with Gasteiger partial charge in [0.1, 0.15) is 5.69 Å². The van der Waals surface area contributed by atoms with Gasteiger partial charge in [-0.25, -0.2) is 0 Å². The van der Waals surface area contributed by atoms with Crippen molar-refractivity contribution in [1.29, 1.82) is 0 Å². The molecular weight excluding hydrogens is 436 g/mol. The number of fused-ring (bicyclic) bond motifs is 5. The zero-order chi connectivity index (χ0) is 24.0. The van der Waals surface area contributed by atoms with Gasteiger partial charge in [-0.2, -0.15) is 0 Å². The van der Waals surface area contributed by atoms with Gasteiger partial charge in [0, 0.05) is 28.8 Å². The standard InChI is InChI=1S/C26H22N2O6/c1-31-18-10-9-16-20-22(14-7-5-6-8-15(14)23(20)29)28(26(30)21(16)25(18)34-4)13-17-24(33-3)19(32-2)11-12-27-17/h5-12H,13H2,1-4H3. The molecule has 0 unspecified atom stereocenters. The highest BCUT2D eigenvalue weighted by Crippen LogP contribution is 2.43. The lowest BCUT2D eigenvalue weighted by molar-refractivity contribution is 0.104. The van der Waals surface area contributed by atoms with E-state index in [-0.39, 0.29) is 29.0 Å². The van der Waals surface area contributed by atoms with Crippen LogP contribution in [0.1, 0.15) is 21.6 Å². The van der Waals surface area contributed by atoms with Crippen LogP contribution in [0.5, 0.6) is 23.0 Å². The molecule has 0 radical (unpaired) electrons. The van der Waals surface area contributed by atoms with Crippen molar-refractivity contribution >= 4 is 16.6 Å². The van der Waals surface area contributed by atoms with Crippen molar-refractivity contribution in [3.63, 3.8) is 0 Å². The van der Waals surface area contributed by atoms with E-state index in [4.69, 9.17) is 18.9 Å². The molecule has 0 spiro atoms. The van der Waals surface area contributed by atoms with Gasteiger partial charge in [-0.3, -0.25) is 14.6 Å². The molecule has 0 saturated heterocycles. The van der Waals surface area contributed by atoms with E-state index >= 15 is 0 Å². The first-order valence-electron chi connectivity index (χ1n) is 10.6. The van der Waals surface area contributed by atoms with Crippen LogP contribution in [0, 0.1) is 0 Å². The van der Waals surface area contributed by atoms with Crippen molar-refractivity contribution in [3.8, 4) is 34.3 Å². The molecule has 0 aliphatic heterocycles. The van der Waals surface area contributed by atoms with Crippen LogP contribution in [0.2, 0.25) is 0 Å². The Kier molecular flexibility index (Phi) is 5.20. The van der Waals surface area contributed by atoms with Crippen LogP contribution in [0.3, 0.4) is 0 Å². The lowest BCUT2D eigenvalue weighted by atomic mass is 10.0. The molecule has 1 aliphatic carbocycles. The van der Waals surface area contributed by atoms with Crippen LogP contribution in [0.15, 0.2) is 53.5 Å². The van der Waals surface area contributed by atoms with Gasteiger partial charge in [0.05, 0.1) is 51.6 Å². The van der Waals surface area contributed by atoms with Crippen LogP contribution >= 0.6 is 0 Å². The molecule has 0 atom stereocenters. The minimum absolute atomic E-state index is 0.0550. The third kappa shape index (κ3) is 2.95. The summed E-state index contributed by atoms with van der Waals surface area (Å²) in [7, 11) is 6.02. The molecule has 0 fully saturated rings. The predicted molar refractivity (Wildman–Crippen MR) is 127 cm³/mol. The van der Waals surface area contributed by atoms with Gasteiger partial charge >= 0.3 is 0 Å². The zero-order valence-corrected chi connectivity index (χ0v) is 19.2. The number of hydrogen-bond acceptors (Lipinski definition) is 7. The van der Waals surface area contributed by atoms with E-state index < -0.39 is 0 Å². The quantitative estimate of drug-likeness (QED) is 0.383. The van der Waals surface area contributed by atoms with Crippen LogP contribution in [-0.2, 0) is 6.54 Å². The number of ketones is 1. The van der Waals surface area contributed by atoms with E-state index in [1.165, 1.54) is 28.4 Å². The summed E-state index contributed by atoms with van der Waals surface area (Å²) in [5, 5.41) is 0.782. The number of carbonyl (C=O) groups excluding carboxylic acids is 1. The van der Waals surface area contributed by atoms with Gasteiger partial charge in [0.15, 0.2) is 28.8 Å². The molecule has 8 heteroatoms. The summed E-state index contributed by atoms with van der Waals surface area (Å²) in [5.74, 6) is 1.44. The topological polar surface area (TPSA) is 88.9 Å². The molecule has 2 aromatic carbocycles. The third-order valence-corrected chi connectivity index (χ3v) is 6.11. The minimum Gasteiger partial charge on any atom is -0.493 e. The number of hydrogen-bond donors (Lipinski definition) is 0. The highest BCUT2D eigenvalue weighted by Gasteiger charge is 2.34. The number of carbonyl (C=O) groups is 1. The van der Waals surface area contributed by atoms with Gasteiger partial charge in [-0.05, 0) is 12.1 Å². The van der Waals surface area contributed by atoms with Crippen LogP contribution < -0.4 is 24.5 Å². The third-order valence-electron chi connectivity index (χ3n) is 6.11. The summed E-state index contributed by atoms with van der Waals surface area (Å²) in [4.78, 5) is 32.0. The first-order valence-corrected chi connectivity index (χ1v) is 10.6. The average molecular weight is 458 g/mol. The highest BCUT2D eigenvalue weighted by molar-refractivity contribution is 6.27. The number of nitrogens with zero attached hydrogens (tertiary/aromatic N) is 2. The van der Waals surface area contributed by atoms with E-state index in [0.717, 1.165) is 0 Å². The number of rotatable bonds is 6. The fourth-order valence-electron chi connectivity index (χ4n) is 4.64. The predicted octanol–water partition coefficient (Wildman–Crippen LogP) is 3.69. The molecular formula is C26H22N2O6. The maximum atomic E-state index is 14.0. The van der Waals surface area contributed by atoms with E-state index in [0.29, 0.717) is 50.7 Å². The number of pyridine rings is 2. The monoisotopic (exact) mass is 458 g/mol. The number of methoxy groups -OCH3 is 4. The molecule has 34 heavy (non-hydrogen) atoms. The summed E-state index contributed by atoms with van der Waals surface area (Å²) < 4.78 is 23.5. The van der Waals surface area contributed by atoms with Crippen molar-refractivity contribution in [2.45, 2.75) is 6.54 Å². The Balaban J connectivity index is 1.90. The molecule has 0 bridgehead atoms. The van der Waals surface area contributed by atoms with Gasteiger partial charge < -0.3 is 23.5 Å². The molecule has 0 amide bonds. The molecule has 0 saturated carbocycles. The van der Waals surface area contributed by atoms with Crippen molar-refractivity contribution in [1.82, 2.24) is 9.55 Å². The molecule has 5 rings (SSSR count). The minimum atomic E-state index is -0.333. The number of aromatic nitrogens is 2. The maximum absolute atomic E-state index is 14.0. The normalized spacial score (nSPS) is 11.8. The largest absolute Gasteiger partial charge is 0.493 e. The van der Waals surface area contributed by atoms with Crippen LogP contribution in [0.4, 0.5) is 0 Å².